The van der Waals surface area contributed by atoms with Gasteiger partial charge in [-0.3, -0.25) is 4.79 Å². The summed E-state index contributed by atoms with van der Waals surface area (Å²) in [6, 6.07) is 0. The predicted molar refractivity (Wildman–Crippen MR) is 50.0 cm³/mol. The van der Waals surface area contributed by atoms with Crippen molar-refractivity contribution in [2.75, 3.05) is 0 Å². The first kappa shape index (κ1) is 11.4. The quantitative estimate of drug-likeness (QED) is 0.641. The first-order valence-corrected chi connectivity index (χ1v) is 4.40. The average molecular weight is 170 g/mol. The highest BCUT2D eigenvalue weighted by molar-refractivity contribution is 5.87. The summed E-state index contributed by atoms with van der Waals surface area (Å²) in [6.45, 7) is 5.28. The van der Waals surface area contributed by atoms with Crippen LogP contribution in [0.5, 0.6) is 0 Å². The number of ketones is 1. The van der Waals surface area contributed by atoms with Gasteiger partial charge in [-0.2, -0.15) is 0 Å². The lowest BCUT2D eigenvalue weighted by Crippen LogP contribution is -2.20. The number of aliphatic hydroxyl groups is 1. The van der Waals surface area contributed by atoms with Crippen LogP contribution in [0.1, 0.15) is 40.0 Å². The minimum absolute atomic E-state index is 0.0215. The number of hydrogen-bond donors (Lipinski definition) is 1. The summed E-state index contributed by atoms with van der Waals surface area (Å²) < 4.78 is 0. The monoisotopic (exact) mass is 170 g/mol. The molecule has 0 aliphatic carbocycles. The van der Waals surface area contributed by atoms with Crippen molar-refractivity contribution in [3.05, 3.63) is 12.2 Å². The van der Waals surface area contributed by atoms with Crippen molar-refractivity contribution < 1.29 is 9.90 Å². The third-order valence-electron chi connectivity index (χ3n) is 1.71. The van der Waals surface area contributed by atoms with E-state index in [0.29, 0.717) is 6.42 Å². The lowest BCUT2D eigenvalue weighted by atomic mass is 9.98. The molecular formula is C10H18O2. The van der Waals surface area contributed by atoms with Crippen molar-refractivity contribution in [3.63, 3.8) is 0 Å². The second-order valence-corrected chi connectivity index (χ2v) is 3.40. The van der Waals surface area contributed by atoms with Gasteiger partial charge in [-0.15, -0.1) is 0 Å². The van der Waals surface area contributed by atoms with Crippen LogP contribution in [0.3, 0.4) is 0 Å². The fourth-order valence-corrected chi connectivity index (χ4v) is 0.915. The van der Waals surface area contributed by atoms with Crippen LogP contribution in [0.25, 0.3) is 0 Å². The Kier molecular flexibility index (Phi) is 4.83. The normalized spacial score (nSPS) is 16.3. The van der Waals surface area contributed by atoms with E-state index in [4.69, 9.17) is 0 Å². The van der Waals surface area contributed by atoms with E-state index in [9.17, 15) is 9.90 Å². The Labute approximate surface area is 74.3 Å². The first-order valence-electron chi connectivity index (χ1n) is 4.40. The number of carbonyl (C=O) groups excluding carboxylic acids is 1. The molecule has 0 aromatic rings. The zero-order valence-corrected chi connectivity index (χ0v) is 8.13. The van der Waals surface area contributed by atoms with Gasteiger partial charge in [0.25, 0.3) is 0 Å². The van der Waals surface area contributed by atoms with Crippen molar-refractivity contribution in [1.82, 2.24) is 0 Å². The first-order chi connectivity index (χ1) is 5.48. The van der Waals surface area contributed by atoms with E-state index >= 15 is 0 Å². The van der Waals surface area contributed by atoms with Gasteiger partial charge in [0.1, 0.15) is 0 Å². The van der Waals surface area contributed by atoms with Gasteiger partial charge >= 0.3 is 0 Å². The number of unbranched alkanes of at least 4 members (excludes halogenated alkanes) is 1. The van der Waals surface area contributed by atoms with Crippen LogP contribution in [0.2, 0.25) is 0 Å². The Bertz CT molecular complexity index is 169. The van der Waals surface area contributed by atoms with Crippen LogP contribution >= 0.6 is 0 Å². The second-order valence-electron chi connectivity index (χ2n) is 3.40. The highest BCUT2D eigenvalue weighted by Crippen LogP contribution is 2.14. The van der Waals surface area contributed by atoms with E-state index in [1.54, 1.807) is 13.0 Å². The molecule has 0 aliphatic heterocycles. The Morgan fingerprint density at radius 3 is 2.58 bits per heavy atom. The molecule has 0 saturated carbocycles. The number of hydrogen-bond acceptors (Lipinski definition) is 2. The molecule has 0 aromatic heterocycles. The molecule has 0 aliphatic rings. The van der Waals surface area contributed by atoms with E-state index in [0.717, 1.165) is 12.8 Å². The molecule has 0 rings (SSSR count). The Morgan fingerprint density at radius 1 is 1.58 bits per heavy atom. The SMILES string of the molecule is CCCCC(C)(O)/C=C/C(C)=O. The zero-order chi connectivity index (χ0) is 9.61. The van der Waals surface area contributed by atoms with Crippen molar-refractivity contribution in [3.8, 4) is 0 Å². The second kappa shape index (κ2) is 5.09. The van der Waals surface area contributed by atoms with E-state index < -0.39 is 5.60 Å². The van der Waals surface area contributed by atoms with Crippen LogP contribution in [-0.4, -0.2) is 16.5 Å². The van der Waals surface area contributed by atoms with Crippen LogP contribution in [0, 0.1) is 0 Å². The third-order valence-corrected chi connectivity index (χ3v) is 1.71. The summed E-state index contributed by atoms with van der Waals surface area (Å²) in [7, 11) is 0. The van der Waals surface area contributed by atoms with Gasteiger partial charge in [-0.25, -0.2) is 0 Å². The molecule has 0 amide bonds. The summed E-state index contributed by atoms with van der Waals surface area (Å²) >= 11 is 0. The van der Waals surface area contributed by atoms with E-state index in [-0.39, 0.29) is 5.78 Å². The lowest BCUT2D eigenvalue weighted by Gasteiger charge is -2.17. The number of carbonyl (C=O) groups is 1. The van der Waals surface area contributed by atoms with E-state index in [2.05, 4.69) is 6.92 Å². The molecule has 0 spiro atoms. The maximum absolute atomic E-state index is 10.6. The lowest BCUT2D eigenvalue weighted by molar-refractivity contribution is -0.112. The van der Waals surface area contributed by atoms with Crippen LogP contribution in [0.15, 0.2) is 12.2 Å². The highest BCUT2D eigenvalue weighted by Gasteiger charge is 2.14. The molecule has 12 heavy (non-hydrogen) atoms. The predicted octanol–water partition coefficient (Wildman–Crippen LogP) is 2.07. The van der Waals surface area contributed by atoms with Crippen LogP contribution in [-0.2, 0) is 4.79 Å². The van der Waals surface area contributed by atoms with E-state index in [1.807, 2.05) is 0 Å². The summed E-state index contributed by atoms with van der Waals surface area (Å²) in [6.07, 6.45) is 5.76. The largest absolute Gasteiger partial charge is 0.386 e. The topological polar surface area (TPSA) is 37.3 Å². The van der Waals surface area contributed by atoms with Crippen LogP contribution in [0.4, 0.5) is 0 Å². The number of rotatable bonds is 5. The molecule has 1 atom stereocenters. The Hall–Kier alpha value is -0.630. The molecule has 2 nitrogen and oxygen atoms in total. The highest BCUT2D eigenvalue weighted by atomic mass is 16.3. The Balaban J connectivity index is 3.93. The van der Waals surface area contributed by atoms with E-state index in [1.165, 1.54) is 13.0 Å². The smallest absolute Gasteiger partial charge is 0.152 e. The molecule has 2 heteroatoms. The van der Waals surface area contributed by atoms with Gasteiger partial charge < -0.3 is 5.11 Å². The summed E-state index contributed by atoms with van der Waals surface area (Å²) in [4.78, 5) is 10.6. The van der Waals surface area contributed by atoms with Crippen molar-refractivity contribution in [2.45, 2.75) is 45.6 Å². The molecule has 1 unspecified atom stereocenters. The molecule has 0 radical (unpaired) electrons. The zero-order valence-electron chi connectivity index (χ0n) is 8.13. The standard InChI is InChI=1S/C10H18O2/c1-4-5-7-10(3,12)8-6-9(2)11/h6,8,12H,4-5,7H2,1-3H3/b8-6+. The summed E-state index contributed by atoms with van der Waals surface area (Å²) in [5, 5.41) is 9.66. The number of allylic oxidation sites excluding steroid dienone is 1. The molecule has 1 N–H and O–H groups in total. The molecule has 0 aromatic carbocycles. The fraction of sp³-hybridized carbons (Fsp3) is 0.700. The summed E-state index contributed by atoms with van der Waals surface area (Å²) in [5.41, 5.74) is -0.818. The van der Waals surface area contributed by atoms with Gasteiger partial charge in [-0.1, -0.05) is 19.8 Å². The van der Waals surface area contributed by atoms with Gasteiger partial charge in [0.2, 0.25) is 0 Å². The maximum atomic E-state index is 10.6. The van der Waals surface area contributed by atoms with Gasteiger partial charge in [0.15, 0.2) is 5.78 Å². The maximum Gasteiger partial charge on any atom is 0.152 e. The van der Waals surface area contributed by atoms with Crippen molar-refractivity contribution in [2.24, 2.45) is 0 Å². The molecule has 0 heterocycles. The molecule has 70 valence electrons. The van der Waals surface area contributed by atoms with Gasteiger partial charge in [-0.05, 0) is 32.4 Å². The summed E-state index contributed by atoms with van der Waals surface area (Å²) in [5.74, 6) is -0.0215. The molecule has 0 bridgehead atoms. The third kappa shape index (κ3) is 6.10. The van der Waals surface area contributed by atoms with Gasteiger partial charge in [0.05, 0.1) is 5.60 Å². The van der Waals surface area contributed by atoms with Crippen molar-refractivity contribution >= 4 is 5.78 Å². The molecule has 0 saturated heterocycles. The molecular weight excluding hydrogens is 152 g/mol. The van der Waals surface area contributed by atoms with Crippen LogP contribution < -0.4 is 0 Å². The van der Waals surface area contributed by atoms with Crippen molar-refractivity contribution in [1.29, 1.82) is 0 Å². The minimum Gasteiger partial charge on any atom is -0.386 e. The Morgan fingerprint density at radius 2 is 2.17 bits per heavy atom. The average Bonchev–Trinajstić information content (AvgIpc) is 1.98. The molecule has 0 fully saturated rings. The van der Waals surface area contributed by atoms with Gasteiger partial charge in [0, 0.05) is 0 Å². The fourth-order valence-electron chi connectivity index (χ4n) is 0.915. The minimum atomic E-state index is -0.818.